The minimum absolute atomic E-state index is 0.155. The van der Waals surface area contributed by atoms with Gasteiger partial charge in [0.2, 0.25) is 0 Å². The van der Waals surface area contributed by atoms with Crippen molar-refractivity contribution in [3.8, 4) is 0 Å². The fourth-order valence-corrected chi connectivity index (χ4v) is 0.753. The molecule has 1 heterocycles. The average molecular weight is 131 g/mol. The van der Waals surface area contributed by atoms with Gasteiger partial charge in [0.25, 0.3) is 5.56 Å². The fraction of sp³-hybridized carbons (Fsp3) is 0.250. The van der Waals surface area contributed by atoms with E-state index in [0.29, 0.717) is 4.90 Å². The van der Waals surface area contributed by atoms with Gasteiger partial charge in [0.1, 0.15) is 11.2 Å². The molecule has 0 aliphatic carbocycles. The number of H-pyrrole nitrogens is 1. The molecule has 0 spiro atoms. The van der Waals surface area contributed by atoms with Crippen LogP contribution in [0.2, 0.25) is 0 Å². The topological polar surface area (TPSA) is 46.0 Å². The van der Waals surface area contributed by atoms with Crippen LogP contribution in [-0.4, -0.2) is 11.4 Å². The zero-order valence-electron chi connectivity index (χ0n) is 4.30. The lowest BCUT2D eigenvalue weighted by atomic mass is 10.7. The maximum absolute atomic E-state index is 10.5. The van der Waals surface area contributed by atoms with Crippen molar-refractivity contribution in [1.82, 2.24) is 5.16 Å². The number of aromatic nitrogens is 1. The highest BCUT2D eigenvalue weighted by molar-refractivity contribution is 7.98. The number of nitrogens with one attached hydrogen (secondary N) is 1. The molecule has 0 amide bonds. The van der Waals surface area contributed by atoms with Crippen LogP contribution in [0.3, 0.4) is 0 Å². The predicted molar refractivity (Wildman–Crippen MR) is 31.1 cm³/mol. The van der Waals surface area contributed by atoms with Gasteiger partial charge >= 0.3 is 0 Å². The Morgan fingerprint density at radius 2 is 2.62 bits per heavy atom. The summed E-state index contributed by atoms with van der Waals surface area (Å²) in [6.07, 6.45) is 3.22. The molecular formula is C4H5NO2S. The van der Waals surface area contributed by atoms with E-state index in [9.17, 15) is 4.79 Å². The second kappa shape index (κ2) is 2.09. The van der Waals surface area contributed by atoms with Crippen LogP contribution in [0.4, 0.5) is 0 Å². The molecule has 4 heteroatoms. The van der Waals surface area contributed by atoms with Crippen molar-refractivity contribution < 1.29 is 4.52 Å². The van der Waals surface area contributed by atoms with Crippen molar-refractivity contribution in [2.45, 2.75) is 4.90 Å². The minimum Gasteiger partial charge on any atom is -0.386 e. The van der Waals surface area contributed by atoms with Crippen molar-refractivity contribution in [1.29, 1.82) is 0 Å². The summed E-state index contributed by atoms with van der Waals surface area (Å²) in [7, 11) is 0. The van der Waals surface area contributed by atoms with Gasteiger partial charge in [-0.3, -0.25) is 4.79 Å². The van der Waals surface area contributed by atoms with E-state index in [1.54, 1.807) is 0 Å². The van der Waals surface area contributed by atoms with Crippen LogP contribution in [0.5, 0.6) is 0 Å². The van der Waals surface area contributed by atoms with Crippen LogP contribution in [0.15, 0.2) is 20.5 Å². The van der Waals surface area contributed by atoms with E-state index in [2.05, 4.69) is 9.68 Å². The first-order valence-electron chi connectivity index (χ1n) is 2.04. The van der Waals surface area contributed by atoms with Crippen LogP contribution in [0, 0.1) is 0 Å². The standard InChI is InChI=1S/C4H5NO2S/c1-8-3-2-7-5-4(3)6/h2H,1H3,(H,5,6). The SMILES string of the molecule is CSc1co[nH]c1=O. The smallest absolute Gasteiger partial charge is 0.293 e. The zero-order chi connectivity index (χ0) is 5.98. The molecule has 0 aliphatic heterocycles. The maximum atomic E-state index is 10.5. The first-order chi connectivity index (χ1) is 3.84. The lowest BCUT2D eigenvalue weighted by Gasteiger charge is -1.74. The lowest BCUT2D eigenvalue weighted by Crippen LogP contribution is -1.98. The molecule has 1 aromatic heterocycles. The van der Waals surface area contributed by atoms with Gasteiger partial charge in [-0.1, -0.05) is 0 Å². The summed E-state index contributed by atoms with van der Waals surface area (Å²) >= 11 is 1.36. The summed E-state index contributed by atoms with van der Waals surface area (Å²) in [6.45, 7) is 0. The number of hydrogen-bond acceptors (Lipinski definition) is 3. The molecule has 0 saturated carbocycles. The van der Waals surface area contributed by atoms with Crippen LogP contribution in [0.25, 0.3) is 0 Å². The van der Waals surface area contributed by atoms with Crippen molar-refractivity contribution in [3.63, 3.8) is 0 Å². The molecule has 44 valence electrons. The van der Waals surface area contributed by atoms with Gasteiger partial charge in [-0.2, -0.15) is 5.16 Å². The van der Waals surface area contributed by atoms with E-state index >= 15 is 0 Å². The monoisotopic (exact) mass is 131 g/mol. The Kier molecular flexibility index (Phi) is 1.43. The van der Waals surface area contributed by atoms with Gasteiger partial charge in [-0.25, -0.2) is 0 Å². The van der Waals surface area contributed by atoms with Crippen LogP contribution < -0.4 is 5.56 Å². The van der Waals surface area contributed by atoms with E-state index in [4.69, 9.17) is 0 Å². The molecule has 1 N–H and O–H groups in total. The molecule has 1 rings (SSSR count). The van der Waals surface area contributed by atoms with Gasteiger partial charge in [-0.05, 0) is 6.26 Å². The van der Waals surface area contributed by atoms with Crippen molar-refractivity contribution in [3.05, 3.63) is 16.6 Å². The Morgan fingerprint density at radius 1 is 1.88 bits per heavy atom. The first-order valence-corrected chi connectivity index (χ1v) is 3.27. The Labute approximate surface area is 50.0 Å². The Bertz CT molecular complexity index is 214. The molecule has 3 nitrogen and oxygen atoms in total. The lowest BCUT2D eigenvalue weighted by molar-refractivity contribution is 0.412. The number of hydrogen-bond donors (Lipinski definition) is 1. The Morgan fingerprint density at radius 3 is 2.88 bits per heavy atom. The molecular weight excluding hydrogens is 126 g/mol. The predicted octanol–water partition coefficient (Wildman–Crippen LogP) is 0.690. The molecule has 0 saturated heterocycles. The van der Waals surface area contributed by atoms with Crippen LogP contribution >= 0.6 is 11.8 Å². The highest BCUT2D eigenvalue weighted by atomic mass is 32.2. The largest absolute Gasteiger partial charge is 0.386 e. The number of aromatic amines is 1. The molecule has 0 atom stereocenters. The summed E-state index contributed by atoms with van der Waals surface area (Å²) in [5.41, 5.74) is -0.155. The van der Waals surface area contributed by atoms with Crippen LogP contribution in [-0.2, 0) is 0 Å². The Hall–Kier alpha value is -0.640. The highest BCUT2D eigenvalue weighted by Crippen LogP contribution is 2.05. The van der Waals surface area contributed by atoms with Gasteiger partial charge in [0.15, 0.2) is 0 Å². The van der Waals surface area contributed by atoms with Gasteiger partial charge in [0.05, 0.1) is 0 Å². The minimum atomic E-state index is -0.155. The van der Waals surface area contributed by atoms with E-state index in [1.165, 1.54) is 18.0 Å². The molecule has 8 heavy (non-hydrogen) atoms. The van der Waals surface area contributed by atoms with E-state index in [1.807, 2.05) is 6.26 Å². The Balaban J connectivity index is 3.11. The number of thioether (sulfide) groups is 1. The summed E-state index contributed by atoms with van der Waals surface area (Å²) in [6, 6.07) is 0. The van der Waals surface area contributed by atoms with E-state index in [0.717, 1.165) is 0 Å². The van der Waals surface area contributed by atoms with Crippen molar-refractivity contribution >= 4 is 11.8 Å². The third-order valence-corrected chi connectivity index (χ3v) is 1.48. The normalized spacial score (nSPS) is 9.62. The average Bonchev–Trinajstić information content (AvgIpc) is 2.14. The molecule has 0 bridgehead atoms. The summed E-state index contributed by atoms with van der Waals surface area (Å²) in [5, 5.41) is 2.17. The maximum Gasteiger partial charge on any atom is 0.293 e. The van der Waals surface area contributed by atoms with E-state index < -0.39 is 0 Å². The van der Waals surface area contributed by atoms with E-state index in [-0.39, 0.29) is 5.56 Å². The zero-order valence-corrected chi connectivity index (χ0v) is 5.12. The molecule has 0 aliphatic rings. The second-order valence-corrected chi connectivity index (χ2v) is 2.08. The van der Waals surface area contributed by atoms with Crippen molar-refractivity contribution in [2.75, 3.05) is 6.26 Å². The first kappa shape index (κ1) is 5.50. The third kappa shape index (κ3) is 0.790. The molecule has 0 unspecified atom stereocenters. The summed E-state index contributed by atoms with van der Waals surface area (Å²) in [5.74, 6) is 0. The van der Waals surface area contributed by atoms with Gasteiger partial charge in [0, 0.05) is 0 Å². The van der Waals surface area contributed by atoms with Gasteiger partial charge < -0.3 is 4.52 Å². The second-order valence-electron chi connectivity index (χ2n) is 1.24. The fourth-order valence-electron chi connectivity index (χ4n) is 0.381. The van der Waals surface area contributed by atoms with Gasteiger partial charge in [-0.15, -0.1) is 11.8 Å². The van der Waals surface area contributed by atoms with Crippen molar-refractivity contribution in [2.24, 2.45) is 0 Å². The summed E-state index contributed by atoms with van der Waals surface area (Å²) < 4.78 is 4.48. The third-order valence-electron chi connectivity index (χ3n) is 0.761. The molecule has 0 radical (unpaired) electrons. The van der Waals surface area contributed by atoms with Crippen LogP contribution in [0.1, 0.15) is 0 Å². The highest BCUT2D eigenvalue weighted by Gasteiger charge is 1.95. The quantitative estimate of drug-likeness (QED) is 0.570. The number of rotatable bonds is 1. The summed E-state index contributed by atoms with van der Waals surface area (Å²) in [4.78, 5) is 11.1. The molecule has 1 aromatic rings. The molecule has 0 aromatic carbocycles. The molecule has 0 fully saturated rings.